The Morgan fingerprint density at radius 1 is 1.32 bits per heavy atom. The van der Waals surface area contributed by atoms with Crippen LogP contribution in [0.4, 0.5) is 4.39 Å². The molecule has 1 aromatic heterocycles. The number of halogens is 2. The molecule has 0 saturated carbocycles. The summed E-state index contributed by atoms with van der Waals surface area (Å²) in [5.41, 5.74) is 1.70. The number of fused-ring (bicyclic) bond motifs is 1. The summed E-state index contributed by atoms with van der Waals surface area (Å²) in [6, 6.07) is 4.81. The summed E-state index contributed by atoms with van der Waals surface area (Å²) in [6.07, 6.45) is 2.71. The van der Waals surface area contributed by atoms with Gasteiger partial charge in [-0.05, 0) is 31.9 Å². The molecule has 4 heteroatoms. The van der Waals surface area contributed by atoms with Crippen LogP contribution in [-0.2, 0) is 12.0 Å². The number of aryl methyl sites for hydroxylation is 1. The van der Waals surface area contributed by atoms with E-state index in [1.807, 2.05) is 6.07 Å². The SMILES string of the molecule is CCC(C)(CC)n1c(CCCl)nc2cc(F)ccc21. The highest BCUT2D eigenvalue weighted by atomic mass is 35.5. The van der Waals surface area contributed by atoms with E-state index in [1.165, 1.54) is 12.1 Å². The number of nitrogens with zero attached hydrogens (tertiary/aromatic N) is 2. The largest absolute Gasteiger partial charge is 0.322 e. The molecule has 0 fully saturated rings. The maximum Gasteiger partial charge on any atom is 0.125 e. The van der Waals surface area contributed by atoms with Crippen molar-refractivity contribution in [1.29, 1.82) is 0 Å². The van der Waals surface area contributed by atoms with Crippen LogP contribution in [-0.4, -0.2) is 15.4 Å². The van der Waals surface area contributed by atoms with E-state index < -0.39 is 0 Å². The smallest absolute Gasteiger partial charge is 0.125 e. The molecule has 0 unspecified atom stereocenters. The number of imidazole rings is 1. The number of hydrogen-bond donors (Lipinski definition) is 0. The third kappa shape index (κ3) is 2.48. The Bertz CT molecular complexity index is 573. The summed E-state index contributed by atoms with van der Waals surface area (Å²) < 4.78 is 15.6. The number of aromatic nitrogens is 2. The molecule has 0 aliphatic heterocycles. The average molecular weight is 283 g/mol. The van der Waals surface area contributed by atoms with Crippen molar-refractivity contribution in [3.63, 3.8) is 0 Å². The van der Waals surface area contributed by atoms with E-state index in [0.29, 0.717) is 17.8 Å². The zero-order valence-electron chi connectivity index (χ0n) is 11.7. The number of alkyl halides is 1. The number of rotatable bonds is 5. The lowest BCUT2D eigenvalue weighted by atomic mass is 9.94. The van der Waals surface area contributed by atoms with Gasteiger partial charge in [-0.2, -0.15) is 0 Å². The van der Waals surface area contributed by atoms with Crippen LogP contribution < -0.4 is 0 Å². The lowest BCUT2D eigenvalue weighted by Gasteiger charge is -2.31. The number of benzene rings is 1. The van der Waals surface area contributed by atoms with Gasteiger partial charge in [0.05, 0.1) is 11.0 Å². The summed E-state index contributed by atoms with van der Waals surface area (Å²) in [6.45, 7) is 6.56. The van der Waals surface area contributed by atoms with Gasteiger partial charge in [0.15, 0.2) is 0 Å². The predicted molar refractivity (Wildman–Crippen MR) is 78.3 cm³/mol. The maximum atomic E-state index is 13.3. The highest BCUT2D eigenvalue weighted by Gasteiger charge is 2.27. The van der Waals surface area contributed by atoms with Gasteiger partial charge in [-0.25, -0.2) is 9.37 Å². The second kappa shape index (κ2) is 5.49. The molecule has 1 heterocycles. The van der Waals surface area contributed by atoms with E-state index in [2.05, 4.69) is 30.3 Å². The fraction of sp³-hybridized carbons (Fsp3) is 0.533. The summed E-state index contributed by atoms with van der Waals surface area (Å²) in [5, 5.41) is 0. The molecule has 2 rings (SSSR count). The van der Waals surface area contributed by atoms with Crippen LogP contribution in [0.15, 0.2) is 18.2 Å². The van der Waals surface area contributed by atoms with E-state index in [9.17, 15) is 4.39 Å². The first-order valence-corrected chi connectivity index (χ1v) is 7.32. The van der Waals surface area contributed by atoms with Crippen molar-refractivity contribution in [3.05, 3.63) is 29.8 Å². The Balaban J connectivity index is 2.71. The molecule has 104 valence electrons. The minimum atomic E-state index is -0.246. The summed E-state index contributed by atoms with van der Waals surface area (Å²) in [7, 11) is 0. The molecule has 0 aliphatic carbocycles. The Kier molecular flexibility index (Phi) is 4.14. The van der Waals surface area contributed by atoms with Crippen molar-refractivity contribution in [2.24, 2.45) is 0 Å². The summed E-state index contributed by atoms with van der Waals surface area (Å²) >= 11 is 5.88. The highest BCUT2D eigenvalue weighted by molar-refractivity contribution is 6.17. The second-order valence-electron chi connectivity index (χ2n) is 5.14. The molecule has 2 aromatic rings. The number of hydrogen-bond acceptors (Lipinski definition) is 1. The van der Waals surface area contributed by atoms with Crippen molar-refractivity contribution < 1.29 is 4.39 Å². The van der Waals surface area contributed by atoms with E-state index in [4.69, 9.17) is 11.6 Å². The zero-order valence-corrected chi connectivity index (χ0v) is 12.5. The lowest BCUT2D eigenvalue weighted by Crippen LogP contribution is -2.30. The van der Waals surface area contributed by atoms with Gasteiger partial charge < -0.3 is 4.57 Å². The fourth-order valence-corrected chi connectivity index (χ4v) is 2.69. The molecule has 0 saturated heterocycles. The highest BCUT2D eigenvalue weighted by Crippen LogP contribution is 2.31. The summed E-state index contributed by atoms with van der Waals surface area (Å²) in [4.78, 5) is 4.56. The first-order chi connectivity index (χ1) is 9.05. The van der Waals surface area contributed by atoms with Crippen molar-refractivity contribution in [1.82, 2.24) is 9.55 Å². The molecular weight excluding hydrogens is 263 g/mol. The Morgan fingerprint density at radius 2 is 2.00 bits per heavy atom. The molecule has 0 atom stereocenters. The Morgan fingerprint density at radius 3 is 2.58 bits per heavy atom. The van der Waals surface area contributed by atoms with Gasteiger partial charge in [0.25, 0.3) is 0 Å². The first-order valence-electron chi connectivity index (χ1n) is 6.79. The fourth-order valence-electron chi connectivity index (χ4n) is 2.52. The van der Waals surface area contributed by atoms with Gasteiger partial charge in [0.1, 0.15) is 11.6 Å². The molecular formula is C15H20ClFN2. The quantitative estimate of drug-likeness (QED) is 0.739. The van der Waals surface area contributed by atoms with Crippen LogP contribution in [0.3, 0.4) is 0 Å². The van der Waals surface area contributed by atoms with Crippen LogP contribution in [0, 0.1) is 5.82 Å². The molecule has 0 radical (unpaired) electrons. The molecule has 19 heavy (non-hydrogen) atoms. The van der Waals surface area contributed by atoms with Crippen LogP contribution in [0.2, 0.25) is 0 Å². The average Bonchev–Trinajstić information content (AvgIpc) is 2.76. The first kappa shape index (κ1) is 14.3. The molecule has 2 nitrogen and oxygen atoms in total. The molecule has 0 amide bonds. The van der Waals surface area contributed by atoms with E-state index in [-0.39, 0.29) is 11.4 Å². The normalized spacial score (nSPS) is 12.3. The molecule has 0 N–H and O–H groups in total. The zero-order chi connectivity index (χ0) is 14.0. The lowest BCUT2D eigenvalue weighted by molar-refractivity contribution is 0.294. The van der Waals surface area contributed by atoms with Crippen LogP contribution >= 0.6 is 11.6 Å². The Labute approximate surface area is 118 Å². The molecule has 1 aromatic carbocycles. The molecule has 0 spiro atoms. The van der Waals surface area contributed by atoms with Gasteiger partial charge in [0, 0.05) is 23.9 Å². The second-order valence-corrected chi connectivity index (χ2v) is 5.52. The monoisotopic (exact) mass is 282 g/mol. The van der Waals surface area contributed by atoms with Crippen molar-refractivity contribution >= 4 is 22.6 Å². The van der Waals surface area contributed by atoms with Crippen molar-refractivity contribution in [3.8, 4) is 0 Å². The van der Waals surface area contributed by atoms with Gasteiger partial charge >= 0.3 is 0 Å². The van der Waals surface area contributed by atoms with Gasteiger partial charge in [0.2, 0.25) is 0 Å². The van der Waals surface area contributed by atoms with Crippen LogP contribution in [0.5, 0.6) is 0 Å². The van der Waals surface area contributed by atoms with E-state index in [0.717, 1.165) is 24.2 Å². The minimum Gasteiger partial charge on any atom is -0.322 e. The van der Waals surface area contributed by atoms with E-state index >= 15 is 0 Å². The van der Waals surface area contributed by atoms with Gasteiger partial charge in [-0.15, -0.1) is 11.6 Å². The minimum absolute atomic E-state index is 0.00598. The molecule has 0 aliphatic rings. The topological polar surface area (TPSA) is 17.8 Å². The third-order valence-electron chi connectivity index (χ3n) is 4.07. The van der Waals surface area contributed by atoms with Gasteiger partial charge in [-0.3, -0.25) is 0 Å². The third-order valence-corrected chi connectivity index (χ3v) is 4.26. The Hall–Kier alpha value is -1.09. The standard InChI is InChI=1S/C15H20ClFN2/c1-4-15(3,5-2)19-13-7-6-11(17)10-12(13)18-14(19)8-9-16/h6-7,10H,4-5,8-9H2,1-3H3. The van der Waals surface area contributed by atoms with Crippen molar-refractivity contribution in [2.45, 2.75) is 45.6 Å². The van der Waals surface area contributed by atoms with Crippen LogP contribution in [0.25, 0.3) is 11.0 Å². The van der Waals surface area contributed by atoms with Crippen molar-refractivity contribution in [2.75, 3.05) is 5.88 Å². The predicted octanol–water partition coefficient (Wildman–Crippen LogP) is 4.49. The van der Waals surface area contributed by atoms with E-state index in [1.54, 1.807) is 0 Å². The summed E-state index contributed by atoms with van der Waals surface area (Å²) in [5.74, 6) is 1.22. The molecule has 0 bridgehead atoms. The van der Waals surface area contributed by atoms with Crippen LogP contribution in [0.1, 0.15) is 39.4 Å². The van der Waals surface area contributed by atoms with Gasteiger partial charge in [-0.1, -0.05) is 13.8 Å². The maximum absolute atomic E-state index is 13.3.